The summed E-state index contributed by atoms with van der Waals surface area (Å²) in [5, 5.41) is 4.15. The van der Waals surface area contributed by atoms with Gasteiger partial charge in [0.25, 0.3) is 0 Å². The Morgan fingerprint density at radius 2 is 1.83 bits per heavy atom. The van der Waals surface area contributed by atoms with Gasteiger partial charge >= 0.3 is 0 Å². The molecular formula is C23H31ClN2O4. The highest BCUT2D eigenvalue weighted by Gasteiger charge is 2.22. The first-order valence-corrected chi connectivity index (χ1v) is 10.7. The molecule has 1 fully saturated rings. The van der Waals surface area contributed by atoms with Gasteiger partial charge in [-0.2, -0.15) is 0 Å². The third-order valence-electron chi connectivity index (χ3n) is 5.23. The van der Waals surface area contributed by atoms with Gasteiger partial charge in [0.15, 0.2) is 11.5 Å². The standard InChI is InChI=1S/C23H31ClN2O4/c1-4-30-23-20(24)13-17(14-22(23)28-3)15-25-16-21(26-9-11-29-12-10-26)18-5-7-19(27-2)8-6-18/h5-8,13-14,21,25H,4,9-12,15-16H2,1-3H3/t21-/m1/s1. The van der Waals surface area contributed by atoms with Gasteiger partial charge in [-0.25, -0.2) is 0 Å². The molecular weight excluding hydrogens is 404 g/mol. The van der Waals surface area contributed by atoms with E-state index in [-0.39, 0.29) is 6.04 Å². The molecule has 164 valence electrons. The smallest absolute Gasteiger partial charge is 0.179 e. The van der Waals surface area contributed by atoms with Gasteiger partial charge in [0, 0.05) is 32.2 Å². The number of morpholine rings is 1. The Morgan fingerprint density at radius 3 is 2.47 bits per heavy atom. The van der Waals surface area contributed by atoms with Crippen LogP contribution in [0.4, 0.5) is 0 Å². The Labute approximate surface area is 184 Å². The summed E-state index contributed by atoms with van der Waals surface area (Å²) in [4.78, 5) is 2.46. The second-order valence-electron chi connectivity index (χ2n) is 7.11. The molecule has 1 heterocycles. The van der Waals surface area contributed by atoms with Gasteiger partial charge < -0.3 is 24.3 Å². The highest BCUT2D eigenvalue weighted by molar-refractivity contribution is 6.32. The Bertz CT molecular complexity index is 795. The van der Waals surface area contributed by atoms with Gasteiger partial charge in [0.1, 0.15) is 5.75 Å². The molecule has 0 radical (unpaired) electrons. The summed E-state index contributed by atoms with van der Waals surface area (Å²) in [7, 11) is 3.32. The normalized spacial score (nSPS) is 15.6. The monoisotopic (exact) mass is 434 g/mol. The second kappa shape index (κ2) is 11.4. The summed E-state index contributed by atoms with van der Waals surface area (Å²) in [6, 6.07) is 12.5. The van der Waals surface area contributed by atoms with E-state index in [1.54, 1.807) is 14.2 Å². The molecule has 30 heavy (non-hydrogen) atoms. The number of benzene rings is 2. The molecule has 0 unspecified atom stereocenters. The minimum atomic E-state index is 0.250. The van der Waals surface area contributed by atoms with Crippen LogP contribution < -0.4 is 19.5 Å². The minimum absolute atomic E-state index is 0.250. The number of hydrogen-bond acceptors (Lipinski definition) is 6. The van der Waals surface area contributed by atoms with Crippen molar-refractivity contribution in [1.82, 2.24) is 10.2 Å². The van der Waals surface area contributed by atoms with Crippen LogP contribution in [0.15, 0.2) is 36.4 Å². The summed E-state index contributed by atoms with van der Waals surface area (Å²) >= 11 is 6.41. The van der Waals surface area contributed by atoms with Crippen LogP contribution in [-0.4, -0.2) is 58.6 Å². The highest BCUT2D eigenvalue weighted by Crippen LogP contribution is 2.36. The van der Waals surface area contributed by atoms with E-state index < -0.39 is 0 Å². The summed E-state index contributed by atoms with van der Waals surface area (Å²) < 4.78 is 21.9. The van der Waals surface area contributed by atoms with Crippen LogP contribution in [0.25, 0.3) is 0 Å². The van der Waals surface area contributed by atoms with Crippen LogP contribution in [0.5, 0.6) is 17.2 Å². The van der Waals surface area contributed by atoms with E-state index in [4.69, 9.17) is 30.5 Å². The van der Waals surface area contributed by atoms with Gasteiger partial charge in [-0.1, -0.05) is 23.7 Å². The maximum Gasteiger partial charge on any atom is 0.179 e. The van der Waals surface area contributed by atoms with Gasteiger partial charge in [-0.15, -0.1) is 0 Å². The molecule has 2 aromatic rings. The topological polar surface area (TPSA) is 52.2 Å². The van der Waals surface area contributed by atoms with Crippen molar-refractivity contribution in [2.45, 2.75) is 19.5 Å². The lowest BCUT2D eigenvalue weighted by Crippen LogP contribution is -2.42. The molecule has 0 aliphatic carbocycles. The lowest BCUT2D eigenvalue weighted by Gasteiger charge is -2.35. The highest BCUT2D eigenvalue weighted by atomic mass is 35.5. The van der Waals surface area contributed by atoms with Crippen molar-refractivity contribution in [3.05, 3.63) is 52.5 Å². The van der Waals surface area contributed by atoms with Crippen LogP contribution >= 0.6 is 11.6 Å². The average Bonchev–Trinajstić information content (AvgIpc) is 2.79. The number of nitrogens with one attached hydrogen (secondary N) is 1. The van der Waals surface area contributed by atoms with Crippen molar-refractivity contribution in [3.63, 3.8) is 0 Å². The van der Waals surface area contributed by atoms with Gasteiger partial charge in [0.05, 0.1) is 39.1 Å². The minimum Gasteiger partial charge on any atom is -0.497 e. The van der Waals surface area contributed by atoms with E-state index in [0.717, 1.165) is 44.2 Å². The first-order chi connectivity index (χ1) is 14.7. The molecule has 6 nitrogen and oxygen atoms in total. The third kappa shape index (κ3) is 5.79. The second-order valence-corrected chi connectivity index (χ2v) is 7.52. The Hall–Kier alpha value is -1.99. The number of rotatable bonds is 10. The predicted octanol–water partition coefficient (Wildman–Crippen LogP) is 3.92. The largest absolute Gasteiger partial charge is 0.497 e. The third-order valence-corrected chi connectivity index (χ3v) is 5.51. The molecule has 0 aromatic heterocycles. The van der Waals surface area contributed by atoms with E-state index in [9.17, 15) is 0 Å². The SMILES string of the molecule is CCOc1c(Cl)cc(CNC[C@H](c2ccc(OC)cc2)N2CCOCC2)cc1OC. The van der Waals surface area contributed by atoms with Crippen LogP contribution in [0.1, 0.15) is 24.1 Å². The summed E-state index contributed by atoms with van der Waals surface area (Å²) in [6.45, 7) is 7.31. The van der Waals surface area contributed by atoms with Crippen molar-refractivity contribution in [1.29, 1.82) is 0 Å². The molecule has 1 aliphatic rings. The summed E-state index contributed by atoms with van der Waals surface area (Å²) in [6.07, 6.45) is 0. The van der Waals surface area contributed by atoms with Crippen LogP contribution in [0.2, 0.25) is 5.02 Å². The molecule has 0 spiro atoms. The van der Waals surface area contributed by atoms with Crippen molar-refractivity contribution in [2.24, 2.45) is 0 Å². The van der Waals surface area contributed by atoms with Gasteiger partial charge in [-0.3, -0.25) is 4.90 Å². The molecule has 0 saturated carbocycles. The lowest BCUT2D eigenvalue weighted by atomic mass is 10.0. The first-order valence-electron chi connectivity index (χ1n) is 10.3. The Balaban J connectivity index is 1.70. The van der Waals surface area contributed by atoms with Crippen molar-refractivity contribution < 1.29 is 18.9 Å². The molecule has 7 heteroatoms. The van der Waals surface area contributed by atoms with E-state index in [0.29, 0.717) is 29.7 Å². The van der Waals surface area contributed by atoms with Crippen molar-refractivity contribution in [3.8, 4) is 17.2 Å². The number of methoxy groups -OCH3 is 2. The number of ether oxygens (including phenoxy) is 4. The molecule has 2 aromatic carbocycles. The van der Waals surface area contributed by atoms with Gasteiger partial charge in [0.2, 0.25) is 0 Å². The molecule has 0 bridgehead atoms. The first kappa shape index (κ1) is 22.7. The molecule has 1 saturated heterocycles. The van der Waals surface area contributed by atoms with Crippen LogP contribution in [-0.2, 0) is 11.3 Å². The molecule has 0 amide bonds. The maximum atomic E-state index is 6.41. The molecule has 3 rings (SSSR count). The molecule has 1 aliphatic heterocycles. The van der Waals surface area contributed by atoms with E-state index in [2.05, 4.69) is 22.3 Å². The molecule has 1 atom stereocenters. The van der Waals surface area contributed by atoms with Crippen LogP contribution in [0, 0.1) is 0 Å². The summed E-state index contributed by atoms with van der Waals surface area (Å²) in [5.74, 6) is 2.11. The number of hydrogen-bond donors (Lipinski definition) is 1. The zero-order valence-electron chi connectivity index (χ0n) is 17.9. The molecule has 1 N–H and O–H groups in total. The lowest BCUT2D eigenvalue weighted by molar-refractivity contribution is 0.0161. The fourth-order valence-electron chi connectivity index (χ4n) is 3.69. The van der Waals surface area contributed by atoms with E-state index >= 15 is 0 Å². The zero-order chi connectivity index (χ0) is 21.3. The maximum absolute atomic E-state index is 6.41. The number of nitrogens with zero attached hydrogens (tertiary/aromatic N) is 1. The average molecular weight is 435 g/mol. The van der Waals surface area contributed by atoms with E-state index in [1.165, 1.54) is 5.56 Å². The fourth-order valence-corrected chi connectivity index (χ4v) is 3.97. The van der Waals surface area contributed by atoms with Crippen LogP contribution in [0.3, 0.4) is 0 Å². The Morgan fingerprint density at radius 1 is 1.10 bits per heavy atom. The van der Waals surface area contributed by atoms with Gasteiger partial charge in [-0.05, 0) is 42.3 Å². The summed E-state index contributed by atoms with van der Waals surface area (Å²) in [5.41, 5.74) is 2.31. The predicted molar refractivity (Wildman–Crippen MR) is 119 cm³/mol. The van der Waals surface area contributed by atoms with Crippen molar-refractivity contribution >= 4 is 11.6 Å². The van der Waals surface area contributed by atoms with E-state index in [1.807, 2.05) is 31.2 Å². The fraction of sp³-hybridized carbons (Fsp3) is 0.478. The Kier molecular flexibility index (Phi) is 8.63. The quantitative estimate of drug-likeness (QED) is 0.611. The number of halogens is 1. The van der Waals surface area contributed by atoms with Crippen molar-refractivity contribution in [2.75, 3.05) is 53.7 Å². The zero-order valence-corrected chi connectivity index (χ0v) is 18.7.